The van der Waals surface area contributed by atoms with Crippen LogP contribution in [0.3, 0.4) is 0 Å². The zero-order chi connectivity index (χ0) is 35.7. The second-order valence-corrected chi connectivity index (χ2v) is 18.1. The predicted molar refractivity (Wildman–Crippen MR) is 177 cm³/mol. The lowest BCUT2D eigenvalue weighted by Gasteiger charge is -2.64. The Kier molecular flexibility index (Phi) is 8.89. The lowest BCUT2D eigenvalue weighted by atomic mass is 9.43. The first kappa shape index (κ1) is 35.6. The van der Waals surface area contributed by atoms with Gasteiger partial charge in [0.05, 0.1) is 24.8 Å². The number of aryl methyl sites for hydroxylation is 1. The topological polar surface area (TPSA) is 168 Å². The Balaban J connectivity index is 1.27. The fraction of sp³-hybridized carbons (Fsp3) is 0.697. The summed E-state index contributed by atoms with van der Waals surface area (Å²) in [6, 6.07) is 3.33. The highest BCUT2D eigenvalue weighted by molar-refractivity contribution is 7.89. The second-order valence-electron chi connectivity index (χ2n) is 16.3. The summed E-state index contributed by atoms with van der Waals surface area (Å²) in [5.41, 5.74) is -1.51. The molecule has 4 atom stereocenters. The summed E-state index contributed by atoms with van der Waals surface area (Å²) >= 11 is 0. The Labute approximate surface area is 288 Å². The summed E-state index contributed by atoms with van der Waals surface area (Å²) in [7, 11) is -4.37. The molecule has 1 N–H and O–H groups in total. The fourth-order valence-corrected chi connectivity index (χ4v) is 8.85. The number of aromatic amines is 1. The van der Waals surface area contributed by atoms with E-state index in [1.807, 2.05) is 0 Å². The molecular weight excluding hydrogens is 655 g/mol. The van der Waals surface area contributed by atoms with Gasteiger partial charge in [-0.25, -0.2) is 28.1 Å². The molecule has 5 fully saturated rings. The van der Waals surface area contributed by atoms with Gasteiger partial charge in [-0.2, -0.15) is 9.40 Å². The van der Waals surface area contributed by atoms with E-state index >= 15 is 0 Å². The first-order chi connectivity index (χ1) is 22.7. The number of ether oxygens (including phenoxy) is 4. The minimum Gasteiger partial charge on any atom is -0.487 e. The molecule has 14 nitrogen and oxygen atoms in total. The van der Waals surface area contributed by atoms with Crippen molar-refractivity contribution >= 4 is 29.3 Å². The lowest BCUT2D eigenvalue weighted by molar-refractivity contribution is -0.199. The van der Waals surface area contributed by atoms with Gasteiger partial charge in [0.25, 0.3) is 15.2 Å². The van der Waals surface area contributed by atoms with Crippen LogP contribution in [0.5, 0.6) is 11.5 Å². The molecule has 0 unspecified atom stereocenters. The molecule has 5 aliphatic rings. The van der Waals surface area contributed by atoms with E-state index in [0.29, 0.717) is 30.1 Å². The third kappa shape index (κ3) is 6.93. The van der Waals surface area contributed by atoms with Gasteiger partial charge in [-0.05, 0) is 103 Å². The molecule has 3 heterocycles. The van der Waals surface area contributed by atoms with Gasteiger partial charge in [-0.1, -0.05) is 19.9 Å². The van der Waals surface area contributed by atoms with Crippen molar-refractivity contribution in [3.05, 3.63) is 29.6 Å². The molecule has 49 heavy (non-hydrogen) atoms. The number of esters is 1. The number of sulfonamides is 1. The first-order valence-electron chi connectivity index (χ1n) is 16.8. The van der Waals surface area contributed by atoms with E-state index < -0.39 is 46.6 Å². The lowest BCUT2D eigenvalue weighted by Crippen LogP contribution is -2.65. The van der Waals surface area contributed by atoms with Crippen LogP contribution in [-0.4, -0.2) is 89.2 Å². The van der Waals surface area contributed by atoms with Gasteiger partial charge in [0.1, 0.15) is 34.9 Å². The molecule has 7 rings (SSSR count). The van der Waals surface area contributed by atoms with E-state index in [1.54, 1.807) is 53.7 Å². The Hall–Kier alpha value is -3.21. The minimum atomic E-state index is -3.90. The molecule has 0 radical (unpaired) electrons. The van der Waals surface area contributed by atoms with Gasteiger partial charge in [0.2, 0.25) is 0 Å². The maximum Gasteiger partial charge on any atom is 0.514 e. The number of H-pyrrole nitrogens is 1. The summed E-state index contributed by atoms with van der Waals surface area (Å²) in [5, 5.41) is 5.72. The molecule has 3 aliphatic carbocycles. The summed E-state index contributed by atoms with van der Waals surface area (Å²) in [5.74, 6) is 0.259. The number of nitrogens with zero attached hydrogens (tertiary/aromatic N) is 3. The predicted octanol–water partition coefficient (Wildman–Crippen LogP) is 4.80. The summed E-state index contributed by atoms with van der Waals surface area (Å²) in [6.45, 7) is 17.1. The van der Waals surface area contributed by atoms with Crippen LogP contribution < -0.4 is 9.47 Å². The normalized spacial score (nSPS) is 26.7. The zero-order valence-electron chi connectivity index (χ0n) is 29.7. The fourth-order valence-electron chi connectivity index (χ4n) is 7.54. The molecule has 16 heteroatoms. The molecule has 1 aromatic carbocycles. The average molecular weight is 703 g/mol. The molecule has 2 aliphatic heterocycles. The highest BCUT2D eigenvalue weighted by Crippen LogP contribution is 2.65. The van der Waals surface area contributed by atoms with Crippen LogP contribution in [0.15, 0.2) is 23.6 Å². The van der Waals surface area contributed by atoms with Crippen LogP contribution in [0.4, 0.5) is 4.79 Å². The van der Waals surface area contributed by atoms with Crippen LogP contribution >= 0.6 is 0 Å². The van der Waals surface area contributed by atoms with E-state index in [2.05, 4.69) is 36.0 Å². The van der Waals surface area contributed by atoms with Crippen LogP contribution in [0.25, 0.3) is 0 Å². The Morgan fingerprint density at radius 3 is 2.37 bits per heavy atom. The number of carbonyl (C=O) groups excluding carboxylic acids is 2. The van der Waals surface area contributed by atoms with Crippen molar-refractivity contribution in [1.82, 2.24) is 19.5 Å². The third-order valence-electron chi connectivity index (χ3n) is 10.1. The van der Waals surface area contributed by atoms with Gasteiger partial charge < -0.3 is 28.3 Å². The molecule has 268 valence electrons. The molecule has 0 spiro atoms. The van der Waals surface area contributed by atoms with Crippen molar-refractivity contribution in [3.63, 3.8) is 0 Å². The van der Waals surface area contributed by atoms with E-state index in [9.17, 15) is 18.0 Å². The molecule has 2 aromatic rings. The number of hydrogen-bond donors (Lipinski definition) is 1. The number of hydrogen-bond acceptors (Lipinski definition) is 12. The van der Waals surface area contributed by atoms with Crippen molar-refractivity contribution in [2.24, 2.45) is 17.3 Å². The molecule has 3 saturated carbocycles. The van der Waals surface area contributed by atoms with Crippen molar-refractivity contribution < 1.29 is 46.3 Å². The quantitative estimate of drug-likeness (QED) is 0.216. The number of aromatic nitrogens is 3. The molecule has 1 aromatic heterocycles. The Morgan fingerprint density at radius 1 is 1.06 bits per heavy atom. The molecular formula is C33H47BN4O10S. The zero-order valence-corrected chi connectivity index (χ0v) is 30.5. The van der Waals surface area contributed by atoms with Crippen LogP contribution in [0, 0.1) is 17.3 Å². The SMILES string of the molecule is CC(C)(C)OC(=O)Oc1c(CCB2O[C@@H]3C[C@@H]4C[C@@H](C4(C)C)[C@]3(C)O2)ccc(OC2CN(S(=O)(=O)c3ncn[nH]3)C2)c1C(=O)OC(C)(C)C. The Bertz CT molecular complexity index is 1700. The Morgan fingerprint density at radius 2 is 1.76 bits per heavy atom. The van der Waals surface area contributed by atoms with Crippen molar-refractivity contribution in [1.29, 1.82) is 0 Å². The largest absolute Gasteiger partial charge is 0.514 e. The molecule has 2 saturated heterocycles. The van der Waals surface area contributed by atoms with Crippen LogP contribution in [-0.2, 0) is 35.2 Å². The van der Waals surface area contributed by atoms with Gasteiger partial charge in [0, 0.05) is 0 Å². The number of carbonyl (C=O) groups is 2. The van der Waals surface area contributed by atoms with Gasteiger partial charge >= 0.3 is 19.2 Å². The molecule has 0 amide bonds. The summed E-state index contributed by atoms with van der Waals surface area (Å²) in [6.07, 6.45) is 2.38. The van der Waals surface area contributed by atoms with Crippen LogP contribution in [0.1, 0.15) is 91.1 Å². The van der Waals surface area contributed by atoms with Crippen molar-refractivity contribution in [2.45, 2.75) is 122 Å². The van der Waals surface area contributed by atoms with Gasteiger partial charge in [-0.15, -0.1) is 0 Å². The van der Waals surface area contributed by atoms with E-state index in [1.165, 1.54) is 4.31 Å². The monoisotopic (exact) mass is 702 g/mol. The number of benzene rings is 1. The van der Waals surface area contributed by atoms with Gasteiger partial charge in [0.15, 0.2) is 5.75 Å². The van der Waals surface area contributed by atoms with Crippen LogP contribution in [0.2, 0.25) is 6.32 Å². The van der Waals surface area contributed by atoms with Crippen molar-refractivity contribution in [3.8, 4) is 11.5 Å². The highest BCUT2D eigenvalue weighted by atomic mass is 32.2. The van der Waals surface area contributed by atoms with E-state index in [0.717, 1.165) is 19.2 Å². The van der Waals surface area contributed by atoms with Crippen molar-refractivity contribution in [2.75, 3.05) is 13.1 Å². The average Bonchev–Trinajstić information content (AvgIpc) is 3.60. The summed E-state index contributed by atoms with van der Waals surface area (Å²) < 4.78 is 63.2. The number of nitrogens with one attached hydrogen (secondary N) is 1. The smallest absolute Gasteiger partial charge is 0.487 e. The molecule has 2 bridgehead atoms. The first-order valence-corrected chi connectivity index (χ1v) is 18.3. The van der Waals surface area contributed by atoms with E-state index in [4.69, 9.17) is 28.3 Å². The minimum absolute atomic E-state index is 0.00422. The highest BCUT2D eigenvalue weighted by Gasteiger charge is 2.67. The maximum atomic E-state index is 13.9. The third-order valence-corrected chi connectivity index (χ3v) is 11.8. The maximum absolute atomic E-state index is 13.9. The second kappa shape index (κ2) is 12.2. The van der Waals surface area contributed by atoms with E-state index in [-0.39, 0.29) is 52.4 Å². The number of rotatable bonds is 9. The standard InChI is InChI=1S/C33H47BN4O10S/c1-30(2,3)45-27(39)25-22(43-21-16-38(17-21)49(41,42)28-35-18-36-37-28)11-10-19(26(25)44-29(40)46-31(4,5)6)12-13-34-47-24-15-20-14-23(32(20,7)8)33(24,9)48-34/h10-11,18,20-21,23-24H,12-17H2,1-9H3,(H,35,36,37)/t20-,23-,24+,33-/m0/s1. The summed E-state index contributed by atoms with van der Waals surface area (Å²) in [4.78, 5) is 30.7. The van der Waals surface area contributed by atoms with Gasteiger partial charge in [-0.3, -0.25) is 0 Å².